The fraction of sp³-hybridized carbons (Fsp3) is 0.176. The Hall–Kier alpha value is -2.46. The molecule has 0 aliphatic rings. The van der Waals surface area contributed by atoms with Crippen LogP contribution in [0.3, 0.4) is 0 Å². The van der Waals surface area contributed by atoms with E-state index in [0.717, 1.165) is 11.1 Å². The van der Waals surface area contributed by atoms with Crippen molar-refractivity contribution in [2.75, 3.05) is 0 Å². The molecule has 4 nitrogen and oxygen atoms in total. The number of aromatic nitrogens is 2. The number of aryl methyl sites for hydroxylation is 2. The van der Waals surface area contributed by atoms with Gasteiger partial charge >= 0.3 is 0 Å². The molecule has 21 heavy (non-hydrogen) atoms. The molecule has 0 aliphatic carbocycles. The summed E-state index contributed by atoms with van der Waals surface area (Å²) in [6, 6.07) is 15.5. The average Bonchev–Trinajstić information content (AvgIpc) is 2.96. The fourth-order valence-corrected chi connectivity index (χ4v) is 2.39. The zero-order chi connectivity index (χ0) is 14.8. The van der Waals surface area contributed by atoms with Crippen LogP contribution >= 0.6 is 0 Å². The van der Waals surface area contributed by atoms with Gasteiger partial charge in [-0.1, -0.05) is 52.7 Å². The lowest BCUT2D eigenvalue weighted by Gasteiger charge is -2.05. The third-order valence-electron chi connectivity index (χ3n) is 3.35. The van der Waals surface area contributed by atoms with E-state index in [-0.39, 0.29) is 0 Å². The maximum atomic E-state index is 6.17. The second-order valence-corrected chi connectivity index (χ2v) is 5.22. The summed E-state index contributed by atoms with van der Waals surface area (Å²) >= 11 is 0. The van der Waals surface area contributed by atoms with Crippen molar-refractivity contribution in [3.05, 3.63) is 71.1 Å². The van der Waals surface area contributed by atoms with Gasteiger partial charge in [0.15, 0.2) is 0 Å². The summed E-state index contributed by atoms with van der Waals surface area (Å²) < 4.78 is 5.33. The standard InChI is InChI=1S/C17H17N3O/c1-11-8-12(2)10-14(9-11)16-19-17(21-20-16)15(18)13-6-4-3-5-7-13/h3-10,15H,18H2,1-2H3. The van der Waals surface area contributed by atoms with Crippen molar-refractivity contribution in [1.82, 2.24) is 10.1 Å². The summed E-state index contributed by atoms with van der Waals surface area (Å²) in [5, 5.41) is 4.05. The molecule has 0 spiro atoms. The fourth-order valence-electron chi connectivity index (χ4n) is 2.39. The van der Waals surface area contributed by atoms with Gasteiger partial charge in [0.05, 0.1) is 0 Å². The molecule has 0 radical (unpaired) electrons. The number of benzene rings is 2. The van der Waals surface area contributed by atoms with Crippen molar-refractivity contribution in [1.29, 1.82) is 0 Å². The van der Waals surface area contributed by atoms with Crippen LogP contribution in [0.5, 0.6) is 0 Å². The van der Waals surface area contributed by atoms with E-state index in [4.69, 9.17) is 10.3 Å². The Bertz CT molecular complexity index is 729. The van der Waals surface area contributed by atoms with E-state index < -0.39 is 6.04 Å². The van der Waals surface area contributed by atoms with Gasteiger partial charge in [0.1, 0.15) is 6.04 Å². The monoisotopic (exact) mass is 279 g/mol. The highest BCUT2D eigenvalue weighted by Gasteiger charge is 2.17. The van der Waals surface area contributed by atoms with Crippen LogP contribution in [0.2, 0.25) is 0 Å². The third kappa shape index (κ3) is 2.85. The van der Waals surface area contributed by atoms with Crippen LogP contribution in [0.25, 0.3) is 11.4 Å². The van der Waals surface area contributed by atoms with Crippen molar-refractivity contribution in [2.45, 2.75) is 19.9 Å². The predicted octanol–water partition coefficient (Wildman–Crippen LogP) is 3.40. The molecule has 4 heteroatoms. The van der Waals surface area contributed by atoms with Crippen LogP contribution in [0.15, 0.2) is 53.1 Å². The smallest absolute Gasteiger partial charge is 0.248 e. The lowest BCUT2D eigenvalue weighted by atomic mass is 10.1. The highest BCUT2D eigenvalue weighted by molar-refractivity contribution is 5.57. The summed E-state index contributed by atoms with van der Waals surface area (Å²) in [6.07, 6.45) is 0. The Balaban J connectivity index is 1.93. The van der Waals surface area contributed by atoms with Crippen LogP contribution in [-0.2, 0) is 0 Å². The minimum atomic E-state index is -0.404. The van der Waals surface area contributed by atoms with Crippen molar-refractivity contribution in [2.24, 2.45) is 5.73 Å². The quantitative estimate of drug-likeness (QED) is 0.798. The Morgan fingerprint density at radius 3 is 2.33 bits per heavy atom. The van der Waals surface area contributed by atoms with E-state index in [1.54, 1.807) is 0 Å². The van der Waals surface area contributed by atoms with Crippen LogP contribution in [0, 0.1) is 13.8 Å². The molecule has 1 heterocycles. The van der Waals surface area contributed by atoms with E-state index in [1.165, 1.54) is 11.1 Å². The van der Waals surface area contributed by atoms with Crippen LogP contribution in [0.1, 0.15) is 28.6 Å². The normalized spacial score (nSPS) is 12.3. The molecule has 0 bridgehead atoms. The van der Waals surface area contributed by atoms with Crippen LogP contribution < -0.4 is 5.73 Å². The van der Waals surface area contributed by atoms with Crippen molar-refractivity contribution in [3.8, 4) is 11.4 Å². The van der Waals surface area contributed by atoms with Crippen molar-refractivity contribution < 1.29 is 4.52 Å². The van der Waals surface area contributed by atoms with Crippen LogP contribution in [-0.4, -0.2) is 10.1 Å². The summed E-state index contributed by atoms with van der Waals surface area (Å²) in [5.74, 6) is 0.999. The van der Waals surface area contributed by atoms with Gasteiger partial charge in [0.2, 0.25) is 11.7 Å². The summed E-state index contributed by atoms with van der Waals surface area (Å²) in [6.45, 7) is 4.10. The van der Waals surface area contributed by atoms with Gasteiger partial charge in [-0.25, -0.2) is 0 Å². The Kier molecular flexibility index (Phi) is 3.54. The maximum absolute atomic E-state index is 6.17. The van der Waals surface area contributed by atoms with E-state index in [2.05, 4.69) is 16.2 Å². The molecule has 1 aromatic heterocycles. The molecule has 0 aliphatic heterocycles. The van der Waals surface area contributed by atoms with E-state index in [9.17, 15) is 0 Å². The molecule has 1 atom stereocenters. The molecule has 106 valence electrons. The minimum Gasteiger partial charge on any atom is -0.337 e. The first kappa shape index (κ1) is 13.5. The number of nitrogens with zero attached hydrogens (tertiary/aromatic N) is 2. The molecule has 0 fully saturated rings. The zero-order valence-electron chi connectivity index (χ0n) is 12.1. The van der Waals surface area contributed by atoms with E-state index >= 15 is 0 Å². The zero-order valence-corrected chi connectivity index (χ0v) is 12.1. The lowest BCUT2D eigenvalue weighted by Crippen LogP contribution is -2.11. The van der Waals surface area contributed by atoms with Gasteiger partial charge in [0, 0.05) is 5.56 Å². The first-order valence-electron chi connectivity index (χ1n) is 6.86. The van der Waals surface area contributed by atoms with E-state index in [0.29, 0.717) is 11.7 Å². The second-order valence-electron chi connectivity index (χ2n) is 5.22. The van der Waals surface area contributed by atoms with Gasteiger partial charge in [-0.15, -0.1) is 0 Å². The SMILES string of the molecule is Cc1cc(C)cc(-c2noc(C(N)c3ccccc3)n2)c1. The molecule has 0 saturated heterocycles. The molecule has 3 aromatic rings. The molecular formula is C17H17N3O. The molecule has 2 N–H and O–H groups in total. The molecule has 2 aromatic carbocycles. The molecule has 1 unspecified atom stereocenters. The largest absolute Gasteiger partial charge is 0.337 e. The summed E-state index contributed by atoms with van der Waals surface area (Å²) in [7, 11) is 0. The topological polar surface area (TPSA) is 64.9 Å². The Labute approximate surface area is 123 Å². The van der Waals surface area contributed by atoms with Gasteiger partial charge in [-0.3, -0.25) is 0 Å². The first-order chi connectivity index (χ1) is 10.1. The maximum Gasteiger partial charge on any atom is 0.248 e. The molecular weight excluding hydrogens is 262 g/mol. The third-order valence-corrected chi connectivity index (χ3v) is 3.35. The summed E-state index contributed by atoms with van der Waals surface area (Å²) in [4.78, 5) is 4.44. The molecule has 0 saturated carbocycles. The lowest BCUT2D eigenvalue weighted by molar-refractivity contribution is 0.367. The number of hydrogen-bond acceptors (Lipinski definition) is 4. The first-order valence-corrected chi connectivity index (χ1v) is 6.86. The Morgan fingerprint density at radius 2 is 1.67 bits per heavy atom. The summed E-state index contributed by atoms with van der Waals surface area (Å²) in [5.41, 5.74) is 10.4. The van der Waals surface area contributed by atoms with Crippen molar-refractivity contribution in [3.63, 3.8) is 0 Å². The minimum absolute atomic E-state index is 0.404. The van der Waals surface area contributed by atoms with Gasteiger partial charge in [0.25, 0.3) is 0 Å². The van der Waals surface area contributed by atoms with Gasteiger partial charge in [-0.2, -0.15) is 4.98 Å². The highest BCUT2D eigenvalue weighted by atomic mass is 16.5. The van der Waals surface area contributed by atoms with Crippen LogP contribution in [0.4, 0.5) is 0 Å². The van der Waals surface area contributed by atoms with Crippen molar-refractivity contribution >= 4 is 0 Å². The molecule has 3 rings (SSSR count). The van der Waals surface area contributed by atoms with Gasteiger partial charge < -0.3 is 10.3 Å². The highest BCUT2D eigenvalue weighted by Crippen LogP contribution is 2.23. The average molecular weight is 279 g/mol. The van der Waals surface area contributed by atoms with Gasteiger partial charge in [-0.05, 0) is 31.5 Å². The number of rotatable bonds is 3. The Morgan fingerprint density at radius 1 is 1.00 bits per heavy atom. The van der Waals surface area contributed by atoms with E-state index in [1.807, 2.05) is 56.3 Å². The number of nitrogens with two attached hydrogens (primary N) is 1. The molecule has 0 amide bonds. The number of hydrogen-bond donors (Lipinski definition) is 1. The predicted molar refractivity (Wildman–Crippen MR) is 81.7 cm³/mol. The second kappa shape index (κ2) is 5.50.